The third-order valence-electron chi connectivity index (χ3n) is 4.38. The molecule has 0 saturated carbocycles. The van der Waals surface area contributed by atoms with Crippen LogP contribution in [0.3, 0.4) is 0 Å². The van der Waals surface area contributed by atoms with Crippen LogP contribution in [0.15, 0.2) is 75.6 Å². The average Bonchev–Trinajstić information content (AvgIpc) is 2.73. The second-order valence-electron chi connectivity index (χ2n) is 7.12. The van der Waals surface area contributed by atoms with Gasteiger partial charge >= 0.3 is 6.18 Å². The molecule has 1 rings (SSSR count). The van der Waals surface area contributed by atoms with E-state index >= 15 is 0 Å². The SMILES string of the molecule is C/C=C\CCNCCCOc1ccc(S/C(C)=C/C=C(\C=C(/C)CC)C(F)(F)F)cc1. The van der Waals surface area contributed by atoms with E-state index in [1.165, 1.54) is 23.9 Å². The van der Waals surface area contributed by atoms with E-state index in [-0.39, 0.29) is 0 Å². The Morgan fingerprint density at radius 2 is 1.81 bits per heavy atom. The molecule has 172 valence electrons. The molecule has 1 N–H and O–H groups in total. The lowest BCUT2D eigenvalue weighted by atomic mass is 10.1. The van der Waals surface area contributed by atoms with E-state index < -0.39 is 11.7 Å². The fourth-order valence-electron chi connectivity index (χ4n) is 2.49. The summed E-state index contributed by atoms with van der Waals surface area (Å²) in [6.45, 7) is 9.89. The van der Waals surface area contributed by atoms with E-state index in [1.54, 1.807) is 13.8 Å². The average molecular weight is 454 g/mol. The maximum Gasteiger partial charge on any atom is 0.416 e. The number of nitrogens with one attached hydrogen (secondary N) is 1. The Kier molecular flexibility index (Phi) is 13.1. The third kappa shape index (κ3) is 12.5. The zero-order valence-corrected chi connectivity index (χ0v) is 19.7. The van der Waals surface area contributed by atoms with Gasteiger partial charge in [-0.05, 0) is 88.4 Å². The Bertz CT molecular complexity index is 762. The van der Waals surface area contributed by atoms with Gasteiger partial charge in [0.25, 0.3) is 0 Å². The predicted octanol–water partition coefficient (Wildman–Crippen LogP) is 7.85. The minimum absolute atomic E-state index is 0.590. The summed E-state index contributed by atoms with van der Waals surface area (Å²) in [5.74, 6) is 0.791. The molecular formula is C25H34F3NOS. The second kappa shape index (κ2) is 15.0. The maximum absolute atomic E-state index is 13.2. The van der Waals surface area contributed by atoms with E-state index in [0.29, 0.717) is 18.6 Å². The maximum atomic E-state index is 13.2. The number of thioether (sulfide) groups is 1. The van der Waals surface area contributed by atoms with Crippen LogP contribution in [0.4, 0.5) is 13.2 Å². The zero-order valence-electron chi connectivity index (χ0n) is 18.9. The minimum Gasteiger partial charge on any atom is -0.494 e. The number of allylic oxidation sites excluding steroid dienone is 7. The zero-order chi connectivity index (χ0) is 23.1. The first-order valence-corrected chi connectivity index (χ1v) is 11.4. The van der Waals surface area contributed by atoms with E-state index in [0.717, 1.165) is 47.6 Å². The highest BCUT2D eigenvalue weighted by Gasteiger charge is 2.31. The lowest BCUT2D eigenvalue weighted by molar-refractivity contribution is -0.0882. The molecule has 0 aliphatic heterocycles. The summed E-state index contributed by atoms with van der Waals surface area (Å²) in [5, 5.41) is 3.36. The molecule has 31 heavy (non-hydrogen) atoms. The molecule has 0 atom stereocenters. The van der Waals surface area contributed by atoms with Crippen molar-refractivity contribution in [2.75, 3.05) is 19.7 Å². The van der Waals surface area contributed by atoms with Crippen LogP contribution in [-0.2, 0) is 0 Å². The van der Waals surface area contributed by atoms with Crippen molar-refractivity contribution < 1.29 is 17.9 Å². The van der Waals surface area contributed by atoms with Crippen molar-refractivity contribution in [1.82, 2.24) is 5.32 Å². The molecule has 0 heterocycles. The molecule has 0 saturated heterocycles. The molecule has 0 radical (unpaired) electrons. The summed E-state index contributed by atoms with van der Waals surface area (Å²) < 4.78 is 45.3. The summed E-state index contributed by atoms with van der Waals surface area (Å²) in [6.07, 6.45) is 6.23. The smallest absolute Gasteiger partial charge is 0.416 e. The van der Waals surface area contributed by atoms with Crippen molar-refractivity contribution in [3.05, 3.63) is 70.7 Å². The summed E-state index contributed by atoms with van der Waals surface area (Å²) in [7, 11) is 0. The molecule has 0 aromatic heterocycles. The van der Waals surface area contributed by atoms with Crippen LogP contribution in [-0.4, -0.2) is 25.9 Å². The summed E-state index contributed by atoms with van der Waals surface area (Å²) in [5.41, 5.74) is 0.0640. The van der Waals surface area contributed by atoms with Crippen LogP contribution < -0.4 is 10.1 Å². The number of halogens is 3. The van der Waals surface area contributed by atoms with Gasteiger partial charge < -0.3 is 10.1 Å². The quantitative estimate of drug-likeness (QED) is 0.142. The lowest BCUT2D eigenvalue weighted by Crippen LogP contribution is -2.18. The van der Waals surface area contributed by atoms with Gasteiger partial charge in [-0.2, -0.15) is 13.2 Å². The highest BCUT2D eigenvalue weighted by atomic mass is 32.2. The van der Waals surface area contributed by atoms with Gasteiger partial charge in [0.2, 0.25) is 0 Å². The number of hydrogen-bond donors (Lipinski definition) is 1. The molecule has 0 bridgehead atoms. The van der Waals surface area contributed by atoms with Crippen molar-refractivity contribution in [2.24, 2.45) is 0 Å². The van der Waals surface area contributed by atoms with Crippen LogP contribution in [0.25, 0.3) is 0 Å². The molecule has 6 heteroatoms. The highest BCUT2D eigenvalue weighted by molar-refractivity contribution is 8.03. The first-order chi connectivity index (χ1) is 14.8. The molecule has 0 amide bonds. The Hall–Kier alpha value is -1.92. The topological polar surface area (TPSA) is 21.3 Å². The molecule has 0 spiro atoms. The van der Waals surface area contributed by atoms with Gasteiger partial charge in [-0.25, -0.2) is 0 Å². The lowest BCUT2D eigenvalue weighted by Gasteiger charge is -2.09. The van der Waals surface area contributed by atoms with Gasteiger partial charge in [-0.15, -0.1) is 0 Å². The molecule has 0 aliphatic rings. The Morgan fingerprint density at radius 3 is 2.42 bits per heavy atom. The summed E-state index contributed by atoms with van der Waals surface area (Å²) in [6, 6.07) is 7.61. The first kappa shape index (κ1) is 27.1. The van der Waals surface area contributed by atoms with E-state index in [9.17, 15) is 13.2 Å². The molecule has 1 aromatic carbocycles. The number of benzene rings is 1. The van der Waals surface area contributed by atoms with Crippen LogP contribution >= 0.6 is 11.8 Å². The molecule has 0 unspecified atom stereocenters. The van der Waals surface area contributed by atoms with Crippen molar-refractivity contribution >= 4 is 11.8 Å². The fourth-order valence-corrected chi connectivity index (χ4v) is 3.27. The van der Waals surface area contributed by atoms with Gasteiger partial charge in [-0.1, -0.05) is 48.6 Å². The van der Waals surface area contributed by atoms with E-state index in [1.807, 2.05) is 44.2 Å². The Balaban J connectivity index is 2.54. The second-order valence-corrected chi connectivity index (χ2v) is 8.44. The Labute approximate surface area is 189 Å². The van der Waals surface area contributed by atoms with Crippen LogP contribution in [0, 0.1) is 0 Å². The summed E-state index contributed by atoms with van der Waals surface area (Å²) >= 11 is 1.43. The molecule has 0 aliphatic carbocycles. The fraction of sp³-hybridized carbons (Fsp3) is 0.440. The predicted molar refractivity (Wildman–Crippen MR) is 127 cm³/mol. The molecular weight excluding hydrogens is 419 g/mol. The minimum atomic E-state index is -4.36. The normalized spacial score (nSPS) is 13.8. The van der Waals surface area contributed by atoms with Crippen LogP contribution in [0.5, 0.6) is 5.75 Å². The number of alkyl halides is 3. The van der Waals surface area contributed by atoms with Crippen LogP contribution in [0.2, 0.25) is 0 Å². The standard InChI is InChI=1S/C25H34F3NOS/c1-5-7-8-16-29-17-9-18-30-23-12-14-24(15-13-23)31-21(4)10-11-22(25(26,27)28)19-20(3)6-2/h5,7,10-15,19,29H,6,8-9,16-18H2,1-4H3/b7-5-,20-19+,21-10+,22-11+. The molecule has 2 nitrogen and oxygen atoms in total. The van der Waals surface area contributed by atoms with E-state index in [4.69, 9.17) is 4.74 Å². The largest absolute Gasteiger partial charge is 0.494 e. The van der Waals surface area contributed by atoms with Gasteiger partial charge in [0.1, 0.15) is 5.75 Å². The van der Waals surface area contributed by atoms with Gasteiger partial charge in [0, 0.05) is 4.90 Å². The van der Waals surface area contributed by atoms with Gasteiger partial charge in [-0.3, -0.25) is 0 Å². The third-order valence-corrected chi connectivity index (χ3v) is 5.34. The van der Waals surface area contributed by atoms with Crippen molar-refractivity contribution in [3.63, 3.8) is 0 Å². The highest BCUT2D eigenvalue weighted by Crippen LogP contribution is 2.31. The number of ether oxygens (including phenoxy) is 1. The van der Waals surface area contributed by atoms with Crippen molar-refractivity contribution in [1.29, 1.82) is 0 Å². The number of rotatable bonds is 13. The van der Waals surface area contributed by atoms with E-state index in [2.05, 4.69) is 11.4 Å². The monoisotopic (exact) mass is 453 g/mol. The van der Waals surface area contributed by atoms with Crippen LogP contribution in [0.1, 0.15) is 47.0 Å². The summed E-state index contributed by atoms with van der Waals surface area (Å²) in [4.78, 5) is 1.73. The van der Waals surface area contributed by atoms with Crippen molar-refractivity contribution in [2.45, 2.75) is 58.0 Å². The van der Waals surface area contributed by atoms with Gasteiger partial charge in [0.05, 0.1) is 12.2 Å². The van der Waals surface area contributed by atoms with Crippen molar-refractivity contribution in [3.8, 4) is 5.75 Å². The Morgan fingerprint density at radius 1 is 1.10 bits per heavy atom. The number of hydrogen-bond acceptors (Lipinski definition) is 3. The molecule has 1 aromatic rings. The first-order valence-electron chi connectivity index (χ1n) is 10.6. The molecule has 0 fully saturated rings. The van der Waals surface area contributed by atoms with Gasteiger partial charge in [0.15, 0.2) is 0 Å².